The largest absolute Gasteiger partial charge is 1.00 e. The summed E-state index contributed by atoms with van der Waals surface area (Å²) in [6.45, 7) is 0. The predicted molar refractivity (Wildman–Crippen MR) is 35.3 cm³/mol. The van der Waals surface area contributed by atoms with Crippen LogP contribution in [0.15, 0.2) is 29.2 Å². The van der Waals surface area contributed by atoms with E-state index in [1.165, 1.54) is 12.1 Å². The molecule has 0 fully saturated rings. The Morgan fingerprint density at radius 3 is 2.27 bits per heavy atom. The Morgan fingerprint density at radius 1 is 1.36 bits per heavy atom. The molecule has 0 spiro atoms. The van der Waals surface area contributed by atoms with Gasteiger partial charge in [0, 0.05) is 0 Å². The van der Waals surface area contributed by atoms with E-state index in [0.29, 0.717) is 0 Å². The molecule has 0 aliphatic heterocycles. The van der Waals surface area contributed by atoms with E-state index in [0.717, 1.165) is 0 Å². The van der Waals surface area contributed by atoms with E-state index < -0.39 is 11.1 Å². The molecule has 1 aromatic carbocycles. The first-order chi connectivity index (χ1) is 4.72. The molecule has 0 radical (unpaired) electrons. The molecule has 1 N–H and O–H groups in total. The molecule has 0 aliphatic rings. The van der Waals surface area contributed by atoms with Gasteiger partial charge in [-0.05, 0) is 23.2 Å². The van der Waals surface area contributed by atoms with Gasteiger partial charge in [0.05, 0.1) is 4.90 Å². The van der Waals surface area contributed by atoms with Crippen molar-refractivity contribution in [3.05, 3.63) is 24.3 Å². The Bertz CT molecular complexity index is 264. The molecule has 0 saturated heterocycles. The maximum absolute atomic E-state index is 10.3. The molecule has 1 atom stereocenters. The molecule has 54 valence electrons. The van der Waals surface area contributed by atoms with E-state index in [4.69, 9.17) is 5.11 Å². The molecule has 1 aromatic rings. The fraction of sp³-hybridized carbons (Fsp3) is 0. The standard InChI is InChI=1S/C6H6O3S.Na/c7-5-3-1-2-4-6(5)10(8)9;/h1-4,7H,(H,8,9);/q;+1/p-1. The van der Waals surface area contributed by atoms with Gasteiger partial charge in [-0.3, -0.25) is 4.21 Å². The van der Waals surface area contributed by atoms with Gasteiger partial charge in [-0.1, -0.05) is 12.1 Å². The Morgan fingerprint density at radius 2 is 1.91 bits per heavy atom. The summed E-state index contributed by atoms with van der Waals surface area (Å²) >= 11 is -2.34. The van der Waals surface area contributed by atoms with Gasteiger partial charge in [0.25, 0.3) is 0 Å². The van der Waals surface area contributed by atoms with Crippen LogP contribution in [-0.4, -0.2) is 13.9 Å². The quantitative estimate of drug-likeness (QED) is 0.388. The Hall–Kier alpha value is 0.130. The molecule has 0 aromatic heterocycles. The molecule has 5 heteroatoms. The van der Waals surface area contributed by atoms with Crippen LogP contribution in [0.4, 0.5) is 0 Å². The second kappa shape index (κ2) is 4.90. The van der Waals surface area contributed by atoms with Crippen molar-refractivity contribution in [2.24, 2.45) is 0 Å². The summed E-state index contributed by atoms with van der Waals surface area (Å²) in [5, 5.41) is 8.89. The van der Waals surface area contributed by atoms with Gasteiger partial charge in [0.15, 0.2) is 0 Å². The van der Waals surface area contributed by atoms with E-state index in [1.807, 2.05) is 0 Å². The molecule has 1 unspecified atom stereocenters. The zero-order valence-corrected chi connectivity index (χ0v) is 8.80. The smallest absolute Gasteiger partial charge is 0.768 e. The minimum absolute atomic E-state index is 0. The normalized spacial score (nSPS) is 11.7. The van der Waals surface area contributed by atoms with Crippen LogP contribution in [0, 0.1) is 0 Å². The van der Waals surface area contributed by atoms with Gasteiger partial charge >= 0.3 is 29.6 Å². The van der Waals surface area contributed by atoms with Crippen LogP contribution in [0.1, 0.15) is 0 Å². The molecular weight excluding hydrogens is 175 g/mol. The number of hydrogen-bond donors (Lipinski definition) is 1. The van der Waals surface area contributed by atoms with Crippen LogP contribution in [0.2, 0.25) is 0 Å². The number of phenols is 1. The van der Waals surface area contributed by atoms with Crippen molar-refractivity contribution in [1.29, 1.82) is 0 Å². The van der Waals surface area contributed by atoms with E-state index in [1.54, 1.807) is 12.1 Å². The zero-order valence-electron chi connectivity index (χ0n) is 5.98. The van der Waals surface area contributed by atoms with Crippen molar-refractivity contribution in [1.82, 2.24) is 0 Å². The molecule has 1 rings (SSSR count). The average molecular weight is 180 g/mol. The average Bonchev–Trinajstić information content (AvgIpc) is 1.88. The fourth-order valence-electron chi connectivity index (χ4n) is 0.598. The van der Waals surface area contributed by atoms with Crippen LogP contribution >= 0.6 is 0 Å². The van der Waals surface area contributed by atoms with E-state index in [9.17, 15) is 8.76 Å². The van der Waals surface area contributed by atoms with E-state index in [2.05, 4.69) is 0 Å². The maximum atomic E-state index is 10.3. The number of phenolic OH excluding ortho intramolecular Hbond substituents is 1. The first-order valence-electron chi connectivity index (χ1n) is 2.59. The van der Waals surface area contributed by atoms with Crippen molar-refractivity contribution in [3.8, 4) is 5.75 Å². The van der Waals surface area contributed by atoms with E-state index in [-0.39, 0.29) is 40.2 Å². The molecule has 0 bridgehead atoms. The van der Waals surface area contributed by atoms with Crippen LogP contribution < -0.4 is 29.6 Å². The molecule has 0 aliphatic carbocycles. The first kappa shape index (κ1) is 11.1. The Labute approximate surface area is 89.0 Å². The summed E-state index contributed by atoms with van der Waals surface area (Å²) in [5.41, 5.74) is 0. The second-order valence-electron chi connectivity index (χ2n) is 1.70. The van der Waals surface area contributed by atoms with Crippen molar-refractivity contribution in [2.75, 3.05) is 0 Å². The number of hydrogen-bond acceptors (Lipinski definition) is 3. The van der Waals surface area contributed by atoms with Gasteiger partial charge in [-0.15, -0.1) is 0 Å². The predicted octanol–water partition coefficient (Wildman–Crippen LogP) is -2.37. The van der Waals surface area contributed by atoms with Gasteiger partial charge < -0.3 is 9.66 Å². The number of rotatable bonds is 1. The van der Waals surface area contributed by atoms with E-state index >= 15 is 0 Å². The molecule has 0 amide bonds. The minimum Gasteiger partial charge on any atom is -0.768 e. The summed E-state index contributed by atoms with van der Waals surface area (Å²) in [4.78, 5) is -0.0671. The summed E-state index contributed by atoms with van der Waals surface area (Å²) in [6, 6.07) is 5.76. The number of aromatic hydroxyl groups is 1. The molecule has 0 saturated carbocycles. The topological polar surface area (TPSA) is 60.4 Å². The summed E-state index contributed by atoms with van der Waals surface area (Å²) in [5.74, 6) is -0.212. The van der Waals surface area contributed by atoms with Crippen molar-refractivity contribution in [3.63, 3.8) is 0 Å². The van der Waals surface area contributed by atoms with Crippen LogP contribution in [-0.2, 0) is 11.1 Å². The van der Waals surface area contributed by atoms with Gasteiger partial charge in [-0.25, -0.2) is 0 Å². The minimum atomic E-state index is -2.34. The third kappa shape index (κ3) is 2.92. The molecule has 0 heterocycles. The van der Waals surface area contributed by atoms with Gasteiger partial charge in [0.1, 0.15) is 5.75 Å². The van der Waals surface area contributed by atoms with Crippen LogP contribution in [0.3, 0.4) is 0 Å². The fourth-order valence-corrected chi connectivity index (χ4v) is 1.03. The van der Waals surface area contributed by atoms with Crippen molar-refractivity contribution in [2.45, 2.75) is 4.90 Å². The second-order valence-corrected chi connectivity index (χ2v) is 2.61. The third-order valence-corrected chi connectivity index (χ3v) is 1.75. The summed E-state index contributed by atoms with van der Waals surface area (Å²) in [6.07, 6.45) is 0. The van der Waals surface area contributed by atoms with Crippen LogP contribution in [0.5, 0.6) is 5.75 Å². The Balaban J connectivity index is 0.000001000. The number of para-hydroxylation sites is 1. The van der Waals surface area contributed by atoms with Crippen LogP contribution in [0.25, 0.3) is 0 Å². The van der Waals surface area contributed by atoms with Crippen molar-refractivity contribution < 1.29 is 43.4 Å². The molecule has 11 heavy (non-hydrogen) atoms. The maximum Gasteiger partial charge on any atom is 1.00 e. The SMILES string of the molecule is O=S([O-])c1ccccc1O.[Na+]. The molecule has 3 nitrogen and oxygen atoms in total. The zero-order chi connectivity index (χ0) is 7.56. The molecular formula is C6H5NaO3S. The van der Waals surface area contributed by atoms with Gasteiger partial charge in [-0.2, -0.15) is 0 Å². The Kier molecular flexibility index (Phi) is 4.96. The van der Waals surface area contributed by atoms with Gasteiger partial charge in [0.2, 0.25) is 0 Å². The first-order valence-corrected chi connectivity index (χ1v) is 3.66. The number of benzene rings is 1. The monoisotopic (exact) mass is 180 g/mol. The third-order valence-electron chi connectivity index (χ3n) is 1.04. The summed E-state index contributed by atoms with van der Waals surface area (Å²) in [7, 11) is 0. The van der Waals surface area contributed by atoms with Crippen molar-refractivity contribution >= 4 is 11.1 Å². The summed E-state index contributed by atoms with van der Waals surface area (Å²) < 4.78 is 20.5.